The number of carbonyl (C=O) groups is 1. The van der Waals surface area contributed by atoms with Crippen molar-refractivity contribution in [3.05, 3.63) is 84.2 Å². The van der Waals surface area contributed by atoms with Gasteiger partial charge in [-0.15, -0.1) is 0 Å². The lowest BCUT2D eigenvalue weighted by atomic mass is 10.2. The normalized spacial score (nSPS) is 10.8. The van der Waals surface area contributed by atoms with Gasteiger partial charge in [-0.05, 0) is 37.3 Å². The van der Waals surface area contributed by atoms with Gasteiger partial charge >= 0.3 is 5.97 Å². The number of ether oxygens (including phenoxy) is 1. The van der Waals surface area contributed by atoms with Crippen LogP contribution < -0.4 is 4.74 Å². The fourth-order valence-corrected chi connectivity index (χ4v) is 2.07. The number of hydrogen-bond acceptors (Lipinski definition) is 3. The van der Waals surface area contributed by atoms with Gasteiger partial charge in [0.05, 0.1) is 11.9 Å². The first-order valence-corrected chi connectivity index (χ1v) is 7.27. The lowest BCUT2D eigenvalue weighted by Gasteiger charge is -2.00. The van der Waals surface area contributed by atoms with Crippen LogP contribution >= 0.6 is 0 Å². The molecule has 0 saturated heterocycles. The Kier molecular flexibility index (Phi) is 4.34. The van der Waals surface area contributed by atoms with Gasteiger partial charge in [-0.1, -0.05) is 35.9 Å². The first-order valence-electron chi connectivity index (χ1n) is 7.27. The molecule has 0 aliphatic carbocycles. The second-order valence-corrected chi connectivity index (χ2v) is 5.12. The first-order chi connectivity index (χ1) is 11.2. The molecular weight excluding hydrogens is 288 g/mol. The highest BCUT2D eigenvalue weighted by Gasteiger charge is 2.02. The maximum absolute atomic E-state index is 11.8. The van der Waals surface area contributed by atoms with Crippen molar-refractivity contribution in [2.75, 3.05) is 0 Å². The van der Waals surface area contributed by atoms with Crippen LogP contribution in [0.1, 0.15) is 11.1 Å². The number of benzene rings is 2. The van der Waals surface area contributed by atoms with Crippen molar-refractivity contribution in [3.8, 4) is 11.4 Å². The van der Waals surface area contributed by atoms with E-state index in [2.05, 4.69) is 5.10 Å². The maximum atomic E-state index is 11.8. The number of para-hydroxylation sites is 1. The predicted molar refractivity (Wildman–Crippen MR) is 89.4 cm³/mol. The Bertz CT molecular complexity index is 818. The number of nitrogens with zero attached hydrogens (tertiary/aromatic N) is 2. The number of carbonyl (C=O) groups excluding carboxylic acids is 1. The third kappa shape index (κ3) is 3.95. The minimum atomic E-state index is -0.415. The largest absolute Gasteiger partial charge is 0.423 e. The number of rotatable bonds is 4. The van der Waals surface area contributed by atoms with Crippen LogP contribution in [0.2, 0.25) is 0 Å². The number of aromatic nitrogens is 2. The molecule has 0 aliphatic rings. The van der Waals surface area contributed by atoms with Gasteiger partial charge in [-0.2, -0.15) is 5.10 Å². The molecule has 0 unspecified atom stereocenters. The number of aryl methyl sites for hydroxylation is 1. The van der Waals surface area contributed by atoms with Crippen molar-refractivity contribution >= 4 is 12.0 Å². The van der Waals surface area contributed by atoms with E-state index in [4.69, 9.17) is 4.74 Å². The molecule has 0 N–H and O–H groups in total. The Morgan fingerprint density at radius 2 is 1.83 bits per heavy atom. The van der Waals surface area contributed by atoms with Crippen LogP contribution in [0.25, 0.3) is 11.8 Å². The standard InChI is InChI=1S/C19H16N2O2/c1-15-7-10-18(11-8-15)23-19(22)12-9-16-13-20-21(14-16)17-5-3-2-4-6-17/h2-14H,1H3/b12-9+. The molecule has 4 heteroatoms. The second kappa shape index (κ2) is 6.75. The van der Waals surface area contributed by atoms with E-state index in [-0.39, 0.29) is 0 Å². The highest BCUT2D eigenvalue weighted by molar-refractivity contribution is 5.88. The van der Waals surface area contributed by atoms with Crippen LogP contribution in [0.3, 0.4) is 0 Å². The molecule has 0 atom stereocenters. The average molecular weight is 304 g/mol. The summed E-state index contributed by atoms with van der Waals surface area (Å²) in [6.07, 6.45) is 6.63. The Morgan fingerprint density at radius 3 is 2.57 bits per heavy atom. The predicted octanol–water partition coefficient (Wildman–Crippen LogP) is 3.80. The summed E-state index contributed by atoms with van der Waals surface area (Å²) in [5.74, 6) is 0.117. The quantitative estimate of drug-likeness (QED) is 0.418. The van der Waals surface area contributed by atoms with Gasteiger partial charge in [-0.3, -0.25) is 0 Å². The molecule has 1 heterocycles. The van der Waals surface area contributed by atoms with Crippen molar-refractivity contribution in [3.63, 3.8) is 0 Å². The fourth-order valence-electron chi connectivity index (χ4n) is 2.07. The van der Waals surface area contributed by atoms with E-state index in [0.717, 1.165) is 16.8 Å². The molecule has 0 amide bonds. The van der Waals surface area contributed by atoms with Crippen LogP contribution in [0.15, 0.2) is 73.1 Å². The van der Waals surface area contributed by atoms with Gasteiger partial charge < -0.3 is 4.74 Å². The zero-order valence-corrected chi connectivity index (χ0v) is 12.7. The molecule has 4 nitrogen and oxygen atoms in total. The lowest BCUT2D eigenvalue weighted by Crippen LogP contribution is -2.03. The van der Waals surface area contributed by atoms with Gasteiger partial charge in [0.15, 0.2) is 0 Å². The minimum absolute atomic E-state index is 0.415. The smallest absolute Gasteiger partial charge is 0.336 e. The lowest BCUT2D eigenvalue weighted by molar-refractivity contribution is -0.128. The Hall–Kier alpha value is -3.14. The van der Waals surface area contributed by atoms with Gasteiger partial charge in [0.1, 0.15) is 5.75 Å². The Balaban J connectivity index is 1.65. The van der Waals surface area contributed by atoms with Crippen LogP contribution in [-0.2, 0) is 4.79 Å². The van der Waals surface area contributed by atoms with Gasteiger partial charge in [0.2, 0.25) is 0 Å². The van der Waals surface area contributed by atoms with Crippen LogP contribution in [0, 0.1) is 6.92 Å². The van der Waals surface area contributed by atoms with Gasteiger partial charge in [0, 0.05) is 17.8 Å². The van der Waals surface area contributed by atoms with Gasteiger partial charge in [0.25, 0.3) is 0 Å². The molecule has 0 fully saturated rings. The van der Waals surface area contributed by atoms with Crippen molar-refractivity contribution in [2.24, 2.45) is 0 Å². The van der Waals surface area contributed by atoms with Crippen molar-refractivity contribution < 1.29 is 9.53 Å². The summed E-state index contributed by atoms with van der Waals surface area (Å²) in [5.41, 5.74) is 2.91. The summed E-state index contributed by atoms with van der Waals surface area (Å²) in [6.45, 7) is 1.98. The van der Waals surface area contributed by atoms with Gasteiger partial charge in [-0.25, -0.2) is 9.48 Å². The van der Waals surface area contributed by atoms with E-state index in [9.17, 15) is 4.79 Å². The van der Waals surface area contributed by atoms with E-state index < -0.39 is 5.97 Å². The molecule has 0 bridgehead atoms. The molecule has 0 radical (unpaired) electrons. The molecule has 23 heavy (non-hydrogen) atoms. The van der Waals surface area contributed by atoms with E-state index in [0.29, 0.717) is 5.75 Å². The Morgan fingerprint density at radius 1 is 1.09 bits per heavy atom. The fraction of sp³-hybridized carbons (Fsp3) is 0.0526. The third-order valence-corrected chi connectivity index (χ3v) is 3.27. The molecule has 0 saturated carbocycles. The Labute approximate surface area is 134 Å². The number of esters is 1. The summed E-state index contributed by atoms with van der Waals surface area (Å²) in [4.78, 5) is 11.8. The molecule has 0 aliphatic heterocycles. The third-order valence-electron chi connectivity index (χ3n) is 3.27. The molecule has 114 valence electrons. The molecule has 2 aromatic carbocycles. The van der Waals surface area contributed by atoms with Crippen molar-refractivity contribution in [1.29, 1.82) is 0 Å². The molecule has 1 aromatic heterocycles. The van der Waals surface area contributed by atoms with Crippen molar-refractivity contribution in [2.45, 2.75) is 6.92 Å². The zero-order chi connectivity index (χ0) is 16.1. The SMILES string of the molecule is Cc1ccc(OC(=O)/C=C/c2cnn(-c3ccccc3)c2)cc1. The highest BCUT2D eigenvalue weighted by Crippen LogP contribution is 2.12. The second-order valence-electron chi connectivity index (χ2n) is 5.12. The van der Waals surface area contributed by atoms with E-state index in [1.54, 1.807) is 29.1 Å². The summed E-state index contributed by atoms with van der Waals surface area (Å²) in [6, 6.07) is 17.1. The summed E-state index contributed by atoms with van der Waals surface area (Å²) >= 11 is 0. The average Bonchev–Trinajstić information content (AvgIpc) is 3.05. The molecule has 0 spiro atoms. The van der Waals surface area contributed by atoms with Crippen LogP contribution in [0.5, 0.6) is 5.75 Å². The van der Waals surface area contributed by atoms with Crippen molar-refractivity contribution in [1.82, 2.24) is 9.78 Å². The molecule has 3 aromatic rings. The summed E-state index contributed by atoms with van der Waals surface area (Å²) < 4.78 is 6.98. The van der Waals surface area contributed by atoms with Crippen LogP contribution in [0.4, 0.5) is 0 Å². The molecular formula is C19H16N2O2. The maximum Gasteiger partial charge on any atom is 0.336 e. The monoisotopic (exact) mass is 304 g/mol. The zero-order valence-electron chi connectivity index (χ0n) is 12.7. The highest BCUT2D eigenvalue weighted by atomic mass is 16.5. The summed E-state index contributed by atoms with van der Waals surface area (Å²) in [7, 11) is 0. The van der Waals surface area contributed by atoms with E-state index in [1.165, 1.54) is 6.08 Å². The minimum Gasteiger partial charge on any atom is -0.423 e. The summed E-state index contributed by atoms with van der Waals surface area (Å²) in [5, 5.41) is 4.27. The van der Waals surface area contributed by atoms with Crippen LogP contribution in [-0.4, -0.2) is 15.7 Å². The topological polar surface area (TPSA) is 44.1 Å². The van der Waals surface area contributed by atoms with E-state index in [1.807, 2.05) is 55.6 Å². The first kappa shape index (κ1) is 14.8. The number of hydrogen-bond donors (Lipinski definition) is 0. The molecule has 3 rings (SSSR count). The van der Waals surface area contributed by atoms with E-state index >= 15 is 0 Å².